The van der Waals surface area contributed by atoms with Gasteiger partial charge in [-0.05, 0) is 46.9 Å². The molecule has 0 fully saturated rings. The van der Waals surface area contributed by atoms with Gasteiger partial charge in [-0.15, -0.1) is 0 Å². The molecule has 0 bridgehead atoms. The average molecular weight is 498 g/mol. The molecule has 3 aromatic carbocycles. The lowest BCUT2D eigenvalue weighted by atomic mass is 9.68. The highest BCUT2D eigenvalue weighted by atomic mass is 32.2. The van der Waals surface area contributed by atoms with E-state index in [0.29, 0.717) is 25.0 Å². The molecule has 36 heavy (non-hydrogen) atoms. The number of hydrogen-bond acceptors (Lipinski definition) is 5. The van der Waals surface area contributed by atoms with Gasteiger partial charge in [0.15, 0.2) is 5.78 Å². The first-order valence-corrected chi connectivity index (χ1v) is 13.8. The average Bonchev–Trinajstić information content (AvgIpc) is 2.90. The molecule has 5 rings (SSSR count). The third-order valence-electron chi connectivity index (χ3n) is 7.25. The van der Waals surface area contributed by atoms with Gasteiger partial charge < -0.3 is 4.74 Å². The Bertz CT molecular complexity index is 1340. The number of fused-ring (bicyclic) bond motifs is 1. The zero-order valence-electron chi connectivity index (χ0n) is 20.8. The van der Waals surface area contributed by atoms with E-state index in [-0.39, 0.29) is 17.7 Å². The summed E-state index contributed by atoms with van der Waals surface area (Å²) in [4.78, 5) is 32.2. The fourth-order valence-electron chi connectivity index (χ4n) is 5.62. The number of Topliss-reactive ketones (excluding diaryl/α,β-unsaturated/α-hetero) is 1. The molecule has 0 N–H and O–H groups in total. The number of aliphatic imine (C=N–C) groups is 1. The molecule has 1 unspecified atom stereocenters. The van der Waals surface area contributed by atoms with Crippen LogP contribution in [0.5, 0.6) is 0 Å². The molecule has 0 radical (unpaired) electrons. The van der Waals surface area contributed by atoms with Crippen molar-refractivity contribution in [2.24, 2.45) is 10.9 Å². The van der Waals surface area contributed by atoms with Crippen molar-refractivity contribution in [3.63, 3.8) is 0 Å². The Hall–Kier alpha value is -3.18. The van der Waals surface area contributed by atoms with E-state index < -0.39 is 11.8 Å². The van der Waals surface area contributed by atoms with E-state index in [1.54, 1.807) is 11.8 Å². The predicted octanol–water partition coefficient (Wildman–Crippen LogP) is 6.71. The van der Waals surface area contributed by atoms with Gasteiger partial charge in [0.25, 0.3) is 0 Å². The number of carbonyl (C=O) groups excluding carboxylic acids is 2. The predicted molar refractivity (Wildman–Crippen MR) is 148 cm³/mol. The number of ether oxygens (including phenoxy) is 1. The molecule has 184 valence electrons. The summed E-state index contributed by atoms with van der Waals surface area (Å²) in [6.45, 7) is 4.36. The summed E-state index contributed by atoms with van der Waals surface area (Å²) in [6.07, 6.45) is 1.12. The van der Waals surface area contributed by atoms with Crippen LogP contribution >= 0.6 is 11.8 Å². The Labute approximate surface area is 216 Å². The first kappa shape index (κ1) is 24.5. The van der Waals surface area contributed by atoms with Crippen LogP contribution in [0.1, 0.15) is 49.7 Å². The Morgan fingerprint density at radius 2 is 1.75 bits per heavy atom. The molecule has 2 aliphatic rings. The molecule has 0 aromatic heterocycles. The second kappa shape index (κ2) is 10.8. The number of thioether (sulfide) groups is 1. The summed E-state index contributed by atoms with van der Waals surface area (Å²) in [5.41, 5.74) is 4.38. The summed E-state index contributed by atoms with van der Waals surface area (Å²) in [6, 6.07) is 24.5. The summed E-state index contributed by atoms with van der Waals surface area (Å²) < 4.78 is 5.75. The van der Waals surface area contributed by atoms with E-state index in [4.69, 9.17) is 9.73 Å². The number of allylic oxidation sites excluding steroid dienone is 2. The topological polar surface area (TPSA) is 55.7 Å². The molecule has 3 atom stereocenters. The van der Waals surface area contributed by atoms with Crippen LogP contribution in [-0.4, -0.2) is 35.6 Å². The molecule has 0 spiro atoms. The van der Waals surface area contributed by atoms with E-state index >= 15 is 0 Å². The van der Waals surface area contributed by atoms with Crippen LogP contribution in [-0.2, 0) is 14.3 Å². The molecular weight excluding hydrogens is 466 g/mol. The van der Waals surface area contributed by atoms with Crippen LogP contribution < -0.4 is 0 Å². The van der Waals surface area contributed by atoms with Crippen LogP contribution in [0.2, 0.25) is 0 Å². The second-order valence-corrected chi connectivity index (χ2v) is 10.8. The summed E-state index contributed by atoms with van der Waals surface area (Å²) in [7, 11) is 0. The highest BCUT2D eigenvalue weighted by Gasteiger charge is 2.45. The lowest BCUT2D eigenvalue weighted by molar-refractivity contribution is -0.145. The fraction of sp³-hybridized carbons (Fsp3) is 0.323. The SMILES string of the molecule is CCSCCOC(=O)C1C(C)=NC2=C(C(=O)C[C@H](c3ccccc3)C2)[C@@H]1c1cccc2ccccc12. The van der Waals surface area contributed by atoms with E-state index in [2.05, 4.69) is 43.3 Å². The van der Waals surface area contributed by atoms with Gasteiger partial charge in [-0.2, -0.15) is 11.8 Å². The Kier molecular flexibility index (Phi) is 7.38. The molecule has 0 saturated carbocycles. The number of rotatable bonds is 7. The molecular formula is C31H31NO3S. The molecule has 0 amide bonds. The number of hydrogen-bond donors (Lipinski definition) is 0. The molecule has 1 aliphatic heterocycles. The van der Waals surface area contributed by atoms with Crippen LogP contribution in [0.3, 0.4) is 0 Å². The molecule has 5 heteroatoms. The van der Waals surface area contributed by atoms with Crippen molar-refractivity contribution in [3.05, 3.63) is 95.2 Å². The van der Waals surface area contributed by atoms with E-state index in [1.807, 2.05) is 43.3 Å². The van der Waals surface area contributed by atoms with Crippen molar-refractivity contribution in [3.8, 4) is 0 Å². The van der Waals surface area contributed by atoms with Crippen LogP contribution in [0.15, 0.2) is 89.1 Å². The maximum atomic E-state index is 13.8. The third kappa shape index (κ3) is 4.77. The minimum Gasteiger partial charge on any atom is -0.464 e. The zero-order valence-corrected chi connectivity index (χ0v) is 21.6. The van der Waals surface area contributed by atoms with Crippen LogP contribution in [0.4, 0.5) is 0 Å². The van der Waals surface area contributed by atoms with Crippen molar-refractivity contribution in [1.82, 2.24) is 0 Å². The van der Waals surface area contributed by atoms with Crippen molar-refractivity contribution in [2.45, 2.75) is 38.5 Å². The smallest absolute Gasteiger partial charge is 0.315 e. The summed E-state index contributed by atoms with van der Waals surface area (Å²) in [5, 5.41) is 2.15. The quantitative estimate of drug-likeness (QED) is 0.269. The largest absolute Gasteiger partial charge is 0.464 e. The molecule has 0 saturated heterocycles. The van der Waals surface area contributed by atoms with Crippen molar-refractivity contribution in [2.75, 3.05) is 18.1 Å². The number of nitrogens with zero attached hydrogens (tertiary/aromatic N) is 1. The first-order chi connectivity index (χ1) is 17.6. The van der Waals surface area contributed by atoms with Crippen molar-refractivity contribution < 1.29 is 14.3 Å². The molecule has 1 heterocycles. The standard InChI is InChI=1S/C31H31NO3S/c1-3-36-17-16-35-31(34)28-20(2)32-26-18-23(21-10-5-4-6-11-21)19-27(33)30(26)29(28)25-15-9-13-22-12-7-8-14-24(22)25/h4-15,23,28-29H,3,16-19H2,1-2H3/t23-,28?,29-/m1/s1. The number of esters is 1. The van der Waals surface area contributed by atoms with E-state index in [1.165, 1.54) is 0 Å². The van der Waals surface area contributed by atoms with Gasteiger partial charge in [-0.3, -0.25) is 14.6 Å². The normalized spacial score (nSPS) is 21.8. The zero-order chi connectivity index (χ0) is 25.1. The lowest BCUT2D eigenvalue weighted by Gasteiger charge is -2.37. The number of carbonyl (C=O) groups is 2. The van der Waals surface area contributed by atoms with Gasteiger partial charge in [-0.1, -0.05) is 79.7 Å². The molecule has 3 aromatic rings. The number of ketones is 1. The van der Waals surface area contributed by atoms with Crippen molar-refractivity contribution >= 4 is 40.0 Å². The lowest BCUT2D eigenvalue weighted by Crippen LogP contribution is -2.38. The second-order valence-electron chi connectivity index (χ2n) is 9.44. The maximum Gasteiger partial charge on any atom is 0.315 e. The monoisotopic (exact) mass is 497 g/mol. The van der Waals surface area contributed by atoms with E-state index in [9.17, 15) is 9.59 Å². The van der Waals surface area contributed by atoms with Crippen LogP contribution in [0, 0.1) is 5.92 Å². The first-order valence-electron chi connectivity index (χ1n) is 12.7. The van der Waals surface area contributed by atoms with Gasteiger partial charge in [0.05, 0.1) is 0 Å². The van der Waals surface area contributed by atoms with Crippen LogP contribution in [0.25, 0.3) is 10.8 Å². The highest BCUT2D eigenvalue weighted by Crippen LogP contribution is 2.48. The maximum absolute atomic E-state index is 13.8. The summed E-state index contributed by atoms with van der Waals surface area (Å²) >= 11 is 1.74. The van der Waals surface area contributed by atoms with Gasteiger partial charge in [0.2, 0.25) is 0 Å². The minimum atomic E-state index is -0.613. The molecule has 4 nitrogen and oxygen atoms in total. The minimum absolute atomic E-state index is 0.0821. The van der Waals surface area contributed by atoms with Gasteiger partial charge in [-0.25, -0.2) is 0 Å². The Morgan fingerprint density at radius 3 is 2.56 bits per heavy atom. The van der Waals surface area contributed by atoms with Gasteiger partial charge in [0, 0.05) is 35.1 Å². The van der Waals surface area contributed by atoms with E-state index in [0.717, 1.165) is 44.8 Å². The Balaban J connectivity index is 1.59. The van der Waals surface area contributed by atoms with Crippen molar-refractivity contribution in [1.29, 1.82) is 0 Å². The Morgan fingerprint density at radius 1 is 1.00 bits per heavy atom. The molecule has 1 aliphatic carbocycles. The van der Waals surface area contributed by atoms with Gasteiger partial charge >= 0.3 is 5.97 Å². The summed E-state index contributed by atoms with van der Waals surface area (Å²) in [5.74, 6) is 0.603. The fourth-order valence-corrected chi connectivity index (χ4v) is 6.11. The van der Waals surface area contributed by atoms with Gasteiger partial charge in [0.1, 0.15) is 12.5 Å². The third-order valence-corrected chi connectivity index (χ3v) is 8.11. The highest BCUT2D eigenvalue weighted by molar-refractivity contribution is 7.99. The number of benzene rings is 3.